The average Bonchev–Trinajstić information content (AvgIpc) is 2.41. The molecule has 0 fully saturated rings. The summed E-state index contributed by atoms with van der Waals surface area (Å²) in [5.41, 5.74) is -0.272. The Morgan fingerprint density at radius 2 is 2.04 bits per heavy atom. The van der Waals surface area contributed by atoms with Crippen LogP contribution in [0.15, 0.2) is 17.0 Å². The van der Waals surface area contributed by atoms with E-state index < -0.39 is 41.6 Å². The number of nitro benzene ring substituents is 1. The molecule has 0 bridgehead atoms. The van der Waals surface area contributed by atoms with Gasteiger partial charge in [0, 0.05) is 18.1 Å². The summed E-state index contributed by atoms with van der Waals surface area (Å²) in [6, 6.07) is 1.97. The molecule has 2 rings (SSSR count). The van der Waals surface area contributed by atoms with Gasteiger partial charge in [0.15, 0.2) is 0 Å². The van der Waals surface area contributed by atoms with Gasteiger partial charge in [-0.1, -0.05) is 0 Å². The third kappa shape index (κ3) is 4.37. The molecule has 23 heavy (non-hydrogen) atoms. The average molecular weight is 366 g/mol. The molecule has 1 heterocycles. The first-order valence-corrected chi connectivity index (χ1v) is 9.65. The number of sulfonamides is 1. The van der Waals surface area contributed by atoms with Crippen LogP contribution in [0.2, 0.25) is 0 Å². The van der Waals surface area contributed by atoms with Crippen molar-refractivity contribution >= 4 is 25.8 Å². The molecule has 1 atom stereocenters. The van der Waals surface area contributed by atoms with Gasteiger partial charge in [-0.2, -0.15) is 8.42 Å². The minimum atomic E-state index is -4.12. The van der Waals surface area contributed by atoms with Crippen LogP contribution in [0.3, 0.4) is 0 Å². The Labute approximate surface area is 132 Å². The van der Waals surface area contributed by atoms with E-state index in [9.17, 15) is 26.9 Å². The van der Waals surface area contributed by atoms with Gasteiger partial charge in [0.1, 0.15) is 5.75 Å². The second-order valence-electron chi connectivity index (χ2n) is 5.09. The SMILES string of the molecule is CS(=O)(=O)OC[C@H]1COc2cc(S(N)(=O)=O)cc([N+](=O)[O-])c2C1. The lowest BCUT2D eigenvalue weighted by Crippen LogP contribution is -2.27. The van der Waals surface area contributed by atoms with E-state index in [0.29, 0.717) is 0 Å². The van der Waals surface area contributed by atoms with Crippen molar-refractivity contribution < 1.29 is 30.7 Å². The van der Waals surface area contributed by atoms with Crippen LogP contribution in [0.4, 0.5) is 5.69 Å². The molecule has 0 spiro atoms. The summed E-state index contributed by atoms with van der Waals surface area (Å²) in [4.78, 5) is 10.0. The lowest BCUT2D eigenvalue weighted by molar-refractivity contribution is -0.386. The van der Waals surface area contributed by atoms with Gasteiger partial charge in [0.05, 0.1) is 34.9 Å². The number of rotatable bonds is 5. The summed E-state index contributed by atoms with van der Waals surface area (Å²) in [5, 5.41) is 16.2. The zero-order chi connectivity index (χ0) is 17.4. The van der Waals surface area contributed by atoms with Crippen molar-refractivity contribution in [1.29, 1.82) is 0 Å². The largest absolute Gasteiger partial charge is 0.493 e. The number of fused-ring (bicyclic) bond motifs is 1. The summed E-state index contributed by atoms with van der Waals surface area (Å²) < 4.78 is 54.8. The summed E-state index contributed by atoms with van der Waals surface area (Å²) in [6.07, 6.45) is 1.01. The van der Waals surface area contributed by atoms with Gasteiger partial charge < -0.3 is 4.74 Å². The van der Waals surface area contributed by atoms with Crippen molar-refractivity contribution in [1.82, 2.24) is 0 Å². The van der Waals surface area contributed by atoms with Crippen LogP contribution in [0.5, 0.6) is 5.75 Å². The van der Waals surface area contributed by atoms with Crippen molar-refractivity contribution in [3.63, 3.8) is 0 Å². The normalized spacial score (nSPS) is 18.1. The first kappa shape index (κ1) is 17.6. The molecule has 10 nitrogen and oxygen atoms in total. The monoisotopic (exact) mass is 366 g/mol. The maximum absolute atomic E-state index is 11.4. The third-order valence-corrected chi connectivity index (χ3v) is 4.63. The van der Waals surface area contributed by atoms with E-state index in [1.54, 1.807) is 0 Å². The van der Waals surface area contributed by atoms with Crippen LogP contribution >= 0.6 is 0 Å². The van der Waals surface area contributed by atoms with Gasteiger partial charge >= 0.3 is 0 Å². The fourth-order valence-corrected chi connectivity index (χ4v) is 3.14. The van der Waals surface area contributed by atoms with Gasteiger partial charge in [0.2, 0.25) is 10.0 Å². The van der Waals surface area contributed by atoms with Crippen LogP contribution in [0.25, 0.3) is 0 Å². The first-order valence-electron chi connectivity index (χ1n) is 6.28. The van der Waals surface area contributed by atoms with E-state index in [4.69, 9.17) is 9.88 Å². The molecule has 0 saturated heterocycles. The van der Waals surface area contributed by atoms with Crippen molar-refractivity contribution in [2.75, 3.05) is 19.5 Å². The minimum absolute atomic E-state index is 0.0355. The topological polar surface area (TPSA) is 156 Å². The number of hydrogen-bond donors (Lipinski definition) is 1. The highest BCUT2D eigenvalue weighted by molar-refractivity contribution is 7.89. The number of ether oxygens (including phenoxy) is 1. The Morgan fingerprint density at radius 1 is 1.39 bits per heavy atom. The Balaban J connectivity index is 2.37. The lowest BCUT2D eigenvalue weighted by atomic mass is 9.96. The Kier molecular flexibility index (Phi) is 4.61. The van der Waals surface area contributed by atoms with Gasteiger partial charge in [-0.3, -0.25) is 14.3 Å². The molecular formula is C11H14N2O8S2. The molecule has 0 amide bonds. The Hall–Kier alpha value is -1.76. The zero-order valence-electron chi connectivity index (χ0n) is 12.0. The molecule has 2 N–H and O–H groups in total. The standard InChI is InChI=1S/C11H14N2O8S2/c1-22(16,17)21-6-7-2-9-10(13(14)15)3-8(23(12,18)19)4-11(9)20-5-7/h3-4,7H,2,5-6H2,1H3,(H2,12,18,19)/t7-/m1/s1. The Bertz CT molecular complexity index is 847. The first-order chi connectivity index (χ1) is 10.5. The van der Waals surface area contributed by atoms with Crippen molar-refractivity contribution in [3.05, 3.63) is 27.8 Å². The highest BCUT2D eigenvalue weighted by Crippen LogP contribution is 2.37. The molecule has 1 aliphatic heterocycles. The van der Waals surface area contributed by atoms with E-state index in [1.165, 1.54) is 0 Å². The molecule has 128 valence electrons. The molecule has 0 aliphatic carbocycles. The molecule has 0 saturated carbocycles. The molecule has 1 aromatic rings. The third-order valence-electron chi connectivity index (χ3n) is 3.17. The highest BCUT2D eigenvalue weighted by atomic mass is 32.2. The number of primary sulfonamides is 1. The number of nitrogens with two attached hydrogens (primary N) is 1. The van der Waals surface area contributed by atoms with Crippen LogP contribution in [0, 0.1) is 16.0 Å². The number of hydrogen-bond acceptors (Lipinski definition) is 8. The predicted octanol–water partition coefficient (Wildman–Crippen LogP) is -0.230. The van der Waals surface area contributed by atoms with Crippen LogP contribution < -0.4 is 9.88 Å². The summed E-state index contributed by atoms with van der Waals surface area (Å²) in [7, 11) is -7.76. The maximum Gasteiger partial charge on any atom is 0.277 e. The van der Waals surface area contributed by atoms with Gasteiger partial charge in [-0.15, -0.1) is 0 Å². The van der Waals surface area contributed by atoms with Crippen LogP contribution in [-0.4, -0.2) is 41.2 Å². The van der Waals surface area contributed by atoms with Crippen molar-refractivity contribution in [3.8, 4) is 5.75 Å². The fraction of sp³-hybridized carbons (Fsp3) is 0.455. The van der Waals surface area contributed by atoms with Crippen LogP contribution in [-0.2, 0) is 30.7 Å². The van der Waals surface area contributed by atoms with E-state index in [-0.39, 0.29) is 30.9 Å². The molecule has 1 aromatic carbocycles. The van der Waals surface area contributed by atoms with Crippen molar-refractivity contribution in [2.24, 2.45) is 11.1 Å². The summed E-state index contributed by atoms with van der Waals surface area (Å²) in [6.45, 7) is -0.153. The lowest BCUT2D eigenvalue weighted by Gasteiger charge is -2.24. The predicted molar refractivity (Wildman–Crippen MR) is 78.0 cm³/mol. The second-order valence-corrected chi connectivity index (χ2v) is 8.30. The summed E-state index contributed by atoms with van der Waals surface area (Å²) in [5.74, 6) is -0.380. The number of nitro groups is 1. The molecule has 0 aromatic heterocycles. The molecule has 0 radical (unpaired) electrons. The van der Waals surface area contributed by atoms with E-state index in [0.717, 1.165) is 18.4 Å². The number of nitrogens with zero attached hydrogens (tertiary/aromatic N) is 1. The van der Waals surface area contributed by atoms with E-state index in [1.807, 2.05) is 0 Å². The molecule has 1 aliphatic rings. The molecular weight excluding hydrogens is 352 g/mol. The Morgan fingerprint density at radius 3 is 2.57 bits per heavy atom. The summed E-state index contributed by atoms with van der Waals surface area (Å²) >= 11 is 0. The van der Waals surface area contributed by atoms with Gasteiger partial charge in [0.25, 0.3) is 15.8 Å². The highest BCUT2D eigenvalue weighted by Gasteiger charge is 2.30. The van der Waals surface area contributed by atoms with E-state index >= 15 is 0 Å². The molecule has 0 unspecified atom stereocenters. The fourth-order valence-electron chi connectivity index (χ4n) is 2.15. The smallest absolute Gasteiger partial charge is 0.277 e. The van der Waals surface area contributed by atoms with Crippen molar-refractivity contribution in [2.45, 2.75) is 11.3 Å². The minimum Gasteiger partial charge on any atom is -0.493 e. The van der Waals surface area contributed by atoms with Gasteiger partial charge in [-0.25, -0.2) is 13.6 Å². The second kappa shape index (κ2) is 6.03. The quantitative estimate of drug-likeness (QED) is 0.425. The maximum atomic E-state index is 11.4. The zero-order valence-corrected chi connectivity index (χ0v) is 13.6. The number of benzene rings is 1. The van der Waals surface area contributed by atoms with Gasteiger partial charge in [-0.05, 0) is 6.42 Å². The van der Waals surface area contributed by atoms with E-state index in [2.05, 4.69) is 4.18 Å². The molecule has 12 heteroatoms. The van der Waals surface area contributed by atoms with Crippen LogP contribution in [0.1, 0.15) is 5.56 Å².